The molecule has 88 valence electrons. The van der Waals surface area contributed by atoms with E-state index in [1.54, 1.807) is 6.92 Å². The second-order valence-corrected chi connectivity index (χ2v) is 4.32. The van der Waals surface area contributed by atoms with Crippen LogP contribution in [-0.4, -0.2) is 23.7 Å². The van der Waals surface area contributed by atoms with Gasteiger partial charge in [-0.1, -0.05) is 13.8 Å². The molecule has 0 saturated heterocycles. The molecule has 0 heterocycles. The maximum Gasteiger partial charge on any atom is 0.308 e. The third kappa shape index (κ3) is 6.50. The van der Waals surface area contributed by atoms with Gasteiger partial charge in [0, 0.05) is 6.42 Å². The third-order valence-corrected chi connectivity index (χ3v) is 2.51. The molecule has 4 heteroatoms. The SMILES string of the molecule is CCC(C)C(=O)OCCCC(=O)C(C)Cl. The van der Waals surface area contributed by atoms with Crippen LogP contribution < -0.4 is 0 Å². The molecule has 2 unspecified atom stereocenters. The molecule has 0 aliphatic carbocycles. The van der Waals surface area contributed by atoms with E-state index in [1.165, 1.54) is 0 Å². The number of Topliss-reactive ketones (excluding diaryl/α,β-unsaturated/α-hetero) is 1. The van der Waals surface area contributed by atoms with Gasteiger partial charge in [0.25, 0.3) is 0 Å². The van der Waals surface area contributed by atoms with Crippen molar-refractivity contribution in [2.45, 2.75) is 45.4 Å². The molecular weight excluding hydrogens is 216 g/mol. The molecule has 0 aromatic heterocycles. The van der Waals surface area contributed by atoms with E-state index in [1.807, 2.05) is 13.8 Å². The smallest absolute Gasteiger partial charge is 0.308 e. The number of alkyl halides is 1. The zero-order valence-corrected chi connectivity index (χ0v) is 10.3. The molecule has 3 nitrogen and oxygen atoms in total. The molecule has 2 atom stereocenters. The third-order valence-electron chi connectivity index (χ3n) is 2.27. The molecule has 0 N–H and O–H groups in total. The lowest BCUT2D eigenvalue weighted by atomic mass is 10.1. The summed E-state index contributed by atoms with van der Waals surface area (Å²) >= 11 is 5.59. The number of halogens is 1. The number of hydrogen-bond donors (Lipinski definition) is 0. The van der Waals surface area contributed by atoms with Crippen molar-refractivity contribution in [1.29, 1.82) is 0 Å². The lowest BCUT2D eigenvalue weighted by Crippen LogP contribution is -2.16. The number of rotatable bonds is 7. The Hall–Kier alpha value is -0.570. The van der Waals surface area contributed by atoms with E-state index >= 15 is 0 Å². The summed E-state index contributed by atoms with van der Waals surface area (Å²) in [5.74, 6) is -0.257. The Morgan fingerprint density at radius 3 is 2.40 bits per heavy atom. The number of ketones is 1. The fourth-order valence-electron chi connectivity index (χ4n) is 0.927. The Morgan fingerprint density at radius 2 is 1.93 bits per heavy atom. The van der Waals surface area contributed by atoms with Crippen molar-refractivity contribution in [3.8, 4) is 0 Å². The summed E-state index contributed by atoms with van der Waals surface area (Å²) in [6.07, 6.45) is 1.70. The van der Waals surface area contributed by atoms with Crippen molar-refractivity contribution >= 4 is 23.4 Å². The van der Waals surface area contributed by atoms with Gasteiger partial charge in [-0.3, -0.25) is 9.59 Å². The Balaban J connectivity index is 3.55. The fraction of sp³-hybridized carbons (Fsp3) is 0.818. The summed E-state index contributed by atoms with van der Waals surface area (Å²) in [6.45, 7) is 5.71. The van der Waals surface area contributed by atoms with Gasteiger partial charge in [0.2, 0.25) is 0 Å². The van der Waals surface area contributed by atoms with E-state index in [-0.39, 0.29) is 17.7 Å². The minimum Gasteiger partial charge on any atom is -0.465 e. The topological polar surface area (TPSA) is 43.4 Å². The van der Waals surface area contributed by atoms with E-state index in [9.17, 15) is 9.59 Å². The molecule has 0 saturated carbocycles. The van der Waals surface area contributed by atoms with Gasteiger partial charge in [0.05, 0.1) is 17.9 Å². The van der Waals surface area contributed by atoms with E-state index in [0.29, 0.717) is 19.4 Å². The van der Waals surface area contributed by atoms with Crippen LogP contribution in [0.2, 0.25) is 0 Å². The largest absolute Gasteiger partial charge is 0.465 e. The second kappa shape index (κ2) is 7.69. The van der Waals surface area contributed by atoms with Crippen LogP contribution >= 0.6 is 11.6 Å². The molecule has 0 aromatic carbocycles. The van der Waals surface area contributed by atoms with E-state index in [4.69, 9.17) is 16.3 Å². The summed E-state index contributed by atoms with van der Waals surface area (Å²) in [5.41, 5.74) is 0. The first-order valence-electron chi connectivity index (χ1n) is 5.32. The highest BCUT2D eigenvalue weighted by Crippen LogP contribution is 2.05. The quantitative estimate of drug-likeness (QED) is 0.386. The molecule has 0 aromatic rings. The molecule has 15 heavy (non-hydrogen) atoms. The zero-order chi connectivity index (χ0) is 11.8. The van der Waals surface area contributed by atoms with Gasteiger partial charge >= 0.3 is 5.97 Å². The molecule has 0 aliphatic rings. The Labute approximate surface area is 96.1 Å². The van der Waals surface area contributed by atoms with Crippen LogP contribution in [0.25, 0.3) is 0 Å². The second-order valence-electron chi connectivity index (χ2n) is 3.66. The van der Waals surface area contributed by atoms with Crippen molar-refractivity contribution in [2.75, 3.05) is 6.61 Å². The Morgan fingerprint density at radius 1 is 1.33 bits per heavy atom. The van der Waals surface area contributed by atoms with Gasteiger partial charge < -0.3 is 4.74 Å². The predicted molar refractivity (Wildman–Crippen MR) is 60.0 cm³/mol. The Bertz CT molecular complexity index is 214. The highest BCUT2D eigenvalue weighted by atomic mass is 35.5. The molecular formula is C11H19ClO3. The first kappa shape index (κ1) is 14.4. The van der Waals surface area contributed by atoms with Gasteiger partial charge in [0.1, 0.15) is 0 Å². The minimum atomic E-state index is -0.449. The van der Waals surface area contributed by atoms with Crippen molar-refractivity contribution in [1.82, 2.24) is 0 Å². The van der Waals surface area contributed by atoms with E-state index < -0.39 is 5.38 Å². The molecule has 0 spiro atoms. The van der Waals surface area contributed by atoms with Crippen molar-refractivity contribution < 1.29 is 14.3 Å². The van der Waals surface area contributed by atoms with Crippen LogP contribution in [0, 0.1) is 5.92 Å². The lowest BCUT2D eigenvalue weighted by Gasteiger charge is -2.08. The number of carbonyl (C=O) groups excluding carboxylic acids is 2. The normalized spacial score (nSPS) is 14.4. The first-order chi connectivity index (χ1) is 6.99. The monoisotopic (exact) mass is 234 g/mol. The summed E-state index contributed by atoms with van der Waals surface area (Å²) in [6, 6.07) is 0. The summed E-state index contributed by atoms with van der Waals surface area (Å²) < 4.78 is 4.99. The summed E-state index contributed by atoms with van der Waals surface area (Å²) in [5, 5.41) is -0.449. The standard InChI is InChI=1S/C11H19ClO3/c1-4-8(2)11(14)15-7-5-6-10(13)9(3)12/h8-9H,4-7H2,1-3H3. The molecule has 0 fully saturated rings. The fourth-order valence-corrected chi connectivity index (χ4v) is 1.04. The molecule has 0 amide bonds. The number of esters is 1. The minimum absolute atomic E-state index is 0.00347. The lowest BCUT2D eigenvalue weighted by molar-refractivity contribution is -0.148. The van der Waals surface area contributed by atoms with Crippen LogP contribution in [-0.2, 0) is 14.3 Å². The van der Waals surface area contributed by atoms with Gasteiger partial charge in [-0.2, -0.15) is 0 Å². The first-order valence-corrected chi connectivity index (χ1v) is 5.76. The van der Waals surface area contributed by atoms with Crippen molar-refractivity contribution in [2.24, 2.45) is 5.92 Å². The maximum absolute atomic E-state index is 11.2. The van der Waals surface area contributed by atoms with Gasteiger partial charge in [-0.15, -0.1) is 11.6 Å². The number of carbonyl (C=O) groups is 2. The highest BCUT2D eigenvalue weighted by Gasteiger charge is 2.12. The number of hydrogen-bond acceptors (Lipinski definition) is 3. The Kier molecular flexibility index (Phi) is 7.39. The van der Waals surface area contributed by atoms with Crippen LogP contribution in [0.4, 0.5) is 0 Å². The van der Waals surface area contributed by atoms with Crippen LogP contribution in [0.3, 0.4) is 0 Å². The zero-order valence-electron chi connectivity index (χ0n) is 9.59. The summed E-state index contributed by atoms with van der Waals surface area (Å²) in [4.78, 5) is 22.3. The molecule has 0 rings (SSSR count). The van der Waals surface area contributed by atoms with E-state index in [2.05, 4.69) is 0 Å². The average Bonchev–Trinajstić information content (AvgIpc) is 2.22. The van der Waals surface area contributed by atoms with Crippen molar-refractivity contribution in [3.05, 3.63) is 0 Å². The van der Waals surface area contributed by atoms with Crippen LogP contribution in [0.1, 0.15) is 40.0 Å². The van der Waals surface area contributed by atoms with Gasteiger partial charge in [-0.05, 0) is 19.8 Å². The van der Waals surface area contributed by atoms with Crippen molar-refractivity contribution in [3.63, 3.8) is 0 Å². The predicted octanol–water partition coefficient (Wildman–Crippen LogP) is 2.55. The van der Waals surface area contributed by atoms with Crippen LogP contribution in [0.5, 0.6) is 0 Å². The molecule has 0 radical (unpaired) electrons. The molecule has 0 aliphatic heterocycles. The average molecular weight is 235 g/mol. The highest BCUT2D eigenvalue weighted by molar-refractivity contribution is 6.30. The summed E-state index contributed by atoms with van der Waals surface area (Å²) in [7, 11) is 0. The number of ether oxygens (including phenoxy) is 1. The molecule has 0 bridgehead atoms. The van der Waals surface area contributed by atoms with Crippen LogP contribution in [0.15, 0.2) is 0 Å². The van der Waals surface area contributed by atoms with E-state index in [0.717, 1.165) is 6.42 Å². The maximum atomic E-state index is 11.2. The van der Waals surface area contributed by atoms with Gasteiger partial charge in [-0.25, -0.2) is 0 Å². The van der Waals surface area contributed by atoms with Gasteiger partial charge in [0.15, 0.2) is 5.78 Å².